The van der Waals surface area contributed by atoms with Crippen LogP contribution in [0.4, 0.5) is 21.6 Å². The summed E-state index contributed by atoms with van der Waals surface area (Å²) in [5.74, 6) is -1.31. The van der Waals surface area contributed by atoms with Crippen LogP contribution in [0.25, 0.3) is 28.1 Å². The molecule has 3 saturated heterocycles. The van der Waals surface area contributed by atoms with E-state index in [1.54, 1.807) is 42.7 Å². The van der Waals surface area contributed by atoms with E-state index in [2.05, 4.69) is 30.6 Å². The number of amides is 5. The first-order valence-corrected chi connectivity index (χ1v) is 22.7. The molecule has 4 aromatic heterocycles. The number of nitrogen functional groups attached to an aromatic ring is 1. The zero-order valence-electron chi connectivity index (χ0n) is 37.0. The smallest absolute Gasteiger partial charge is 0.264 e. The molecule has 0 bridgehead atoms. The van der Waals surface area contributed by atoms with Gasteiger partial charge in [-0.15, -0.1) is 0 Å². The number of carbonyl (C=O) groups is 5. The monoisotopic (exact) mass is 907 g/mol. The van der Waals surface area contributed by atoms with Crippen molar-refractivity contribution in [3.63, 3.8) is 0 Å². The van der Waals surface area contributed by atoms with E-state index in [0.717, 1.165) is 54.9 Å². The third kappa shape index (κ3) is 8.57. The van der Waals surface area contributed by atoms with Gasteiger partial charge < -0.3 is 25.8 Å². The van der Waals surface area contributed by atoms with E-state index in [-0.39, 0.29) is 41.7 Å². The molecule has 0 saturated carbocycles. The van der Waals surface area contributed by atoms with Crippen molar-refractivity contribution in [2.24, 2.45) is 0 Å². The van der Waals surface area contributed by atoms with Crippen molar-refractivity contribution in [2.75, 3.05) is 61.8 Å². The topological polar surface area (TPSA) is 210 Å². The Balaban J connectivity index is 0.667. The van der Waals surface area contributed by atoms with Crippen molar-refractivity contribution in [1.82, 2.24) is 49.3 Å². The second-order valence-corrected chi connectivity index (χ2v) is 17.5. The minimum atomic E-state index is -1.03. The molecule has 0 spiro atoms. The lowest BCUT2D eigenvalue weighted by Crippen LogP contribution is -2.54. The minimum absolute atomic E-state index is 0.0580. The lowest BCUT2D eigenvalue weighted by molar-refractivity contribution is -0.136. The number of rotatable bonds is 12. The Hall–Kier alpha value is -7.54. The summed E-state index contributed by atoms with van der Waals surface area (Å²) in [5.41, 5.74) is 11.7. The highest BCUT2D eigenvalue weighted by Gasteiger charge is 2.45. The van der Waals surface area contributed by atoms with Crippen LogP contribution in [0.2, 0.25) is 0 Å². The number of fused-ring (bicyclic) bond motifs is 2. The Kier molecular flexibility index (Phi) is 11.7. The zero-order chi connectivity index (χ0) is 46.3. The van der Waals surface area contributed by atoms with Crippen molar-refractivity contribution in [2.45, 2.75) is 64.1 Å². The fraction of sp³-hybridized carbons (Fsp3) is 0.354. The number of imidazole rings is 1. The van der Waals surface area contributed by atoms with Crippen LogP contribution in [0.15, 0.2) is 79.3 Å². The summed E-state index contributed by atoms with van der Waals surface area (Å²) < 4.78 is 19.7. The first kappa shape index (κ1) is 43.4. The lowest BCUT2D eigenvalue weighted by Gasteiger charge is -2.36. The average molecular weight is 908 g/mol. The molecule has 1 unspecified atom stereocenters. The maximum atomic E-state index is 15.8. The highest BCUT2D eigenvalue weighted by Crippen LogP contribution is 2.34. The van der Waals surface area contributed by atoms with Crippen LogP contribution >= 0.6 is 0 Å². The van der Waals surface area contributed by atoms with Crippen molar-refractivity contribution >= 4 is 57.9 Å². The van der Waals surface area contributed by atoms with E-state index in [1.807, 2.05) is 56.4 Å². The molecule has 67 heavy (non-hydrogen) atoms. The first-order valence-electron chi connectivity index (χ1n) is 22.7. The van der Waals surface area contributed by atoms with Crippen molar-refractivity contribution in [3.8, 4) is 16.9 Å². The number of hydrogen-bond donors (Lipinski definition) is 3. The predicted octanol–water partition coefficient (Wildman–Crippen LogP) is 4.49. The summed E-state index contributed by atoms with van der Waals surface area (Å²) >= 11 is 0. The molecule has 4 aliphatic rings. The minimum Gasteiger partial charge on any atom is -0.384 e. The molecule has 8 heterocycles. The van der Waals surface area contributed by atoms with Crippen LogP contribution in [-0.2, 0) is 20.9 Å². The first-order chi connectivity index (χ1) is 32.5. The number of hydrogen-bond acceptors (Lipinski definition) is 13. The highest BCUT2D eigenvalue weighted by atomic mass is 19.1. The number of carbonyl (C=O) groups excluding carboxylic acids is 5. The summed E-state index contributed by atoms with van der Waals surface area (Å²) in [7, 11) is 0. The molecule has 6 aromatic rings. The molecule has 10 rings (SSSR count). The number of imide groups is 2. The van der Waals surface area contributed by atoms with E-state index in [4.69, 9.17) is 10.7 Å². The Bertz CT molecular complexity index is 2930. The van der Waals surface area contributed by atoms with Gasteiger partial charge in [-0.2, -0.15) is 5.10 Å². The Morgan fingerprint density at radius 3 is 2.52 bits per heavy atom. The molecule has 18 nitrogen and oxygen atoms in total. The summed E-state index contributed by atoms with van der Waals surface area (Å²) in [6, 6.07) is 16.8. The third-order valence-corrected chi connectivity index (χ3v) is 13.3. The van der Waals surface area contributed by atoms with Gasteiger partial charge in [0.1, 0.15) is 29.0 Å². The van der Waals surface area contributed by atoms with E-state index in [1.165, 1.54) is 6.07 Å². The Morgan fingerprint density at radius 1 is 0.925 bits per heavy atom. The van der Waals surface area contributed by atoms with Crippen LogP contribution in [0, 0.1) is 12.7 Å². The quantitative estimate of drug-likeness (QED) is 0.145. The Morgan fingerprint density at radius 2 is 1.75 bits per heavy atom. The van der Waals surface area contributed by atoms with Gasteiger partial charge in [-0.1, -0.05) is 6.07 Å². The molecule has 4 aliphatic heterocycles. The van der Waals surface area contributed by atoms with Crippen molar-refractivity contribution < 1.29 is 28.4 Å². The normalized spacial score (nSPS) is 18.2. The van der Waals surface area contributed by atoms with Gasteiger partial charge in [-0.3, -0.25) is 43.4 Å². The third-order valence-electron chi connectivity index (χ3n) is 13.3. The molecule has 2 aromatic carbocycles. The highest BCUT2D eigenvalue weighted by molar-refractivity contribution is 6.25. The number of pyridine rings is 2. The van der Waals surface area contributed by atoms with Gasteiger partial charge in [0, 0.05) is 93.9 Å². The molecular weight excluding hydrogens is 858 g/mol. The summed E-state index contributed by atoms with van der Waals surface area (Å²) in [5, 5.41) is 10.2. The summed E-state index contributed by atoms with van der Waals surface area (Å²) in [4.78, 5) is 85.0. The van der Waals surface area contributed by atoms with Crippen LogP contribution < -0.4 is 21.3 Å². The zero-order valence-corrected chi connectivity index (χ0v) is 37.0. The van der Waals surface area contributed by atoms with Gasteiger partial charge in [-0.25, -0.2) is 19.3 Å². The number of nitrogens with zero attached hydrogens (tertiary/aromatic N) is 10. The Labute approximate surface area is 384 Å². The number of piperazine rings is 1. The fourth-order valence-electron chi connectivity index (χ4n) is 9.78. The summed E-state index contributed by atoms with van der Waals surface area (Å²) in [6.45, 7) is 6.97. The van der Waals surface area contributed by atoms with Gasteiger partial charge in [-0.05, 0) is 87.7 Å². The SMILES string of the molecule is Cc1nc2ccc(-c3ccnc(N)c3)nc2n1-c1ccc(N2CCN(C(=O)CCCN3CCC(n4cc(CNc5cccc6c5C(=O)N(C5CCC(=O)NC5=O)C6=O)cn4)CC3)CC2)c(F)c1. The van der Waals surface area contributed by atoms with E-state index >= 15 is 4.39 Å². The van der Waals surface area contributed by atoms with Crippen LogP contribution in [-0.4, -0.2) is 125 Å². The van der Waals surface area contributed by atoms with Gasteiger partial charge in [0.25, 0.3) is 11.8 Å². The van der Waals surface area contributed by atoms with Crippen LogP contribution in [0.1, 0.15) is 76.7 Å². The molecule has 3 fully saturated rings. The van der Waals surface area contributed by atoms with E-state index in [9.17, 15) is 24.0 Å². The average Bonchev–Trinajstić information content (AvgIpc) is 4.01. The number of piperidine rings is 2. The number of nitrogens with one attached hydrogen (secondary N) is 2. The number of likely N-dealkylation sites (tertiary alicyclic amines) is 1. The predicted molar refractivity (Wildman–Crippen MR) is 247 cm³/mol. The molecule has 19 heteroatoms. The second-order valence-electron chi connectivity index (χ2n) is 17.5. The maximum Gasteiger partial charge on any atom is 0.264 e. The number of benzene rings is 2. The van der Waals surface area contributed by atoms with E-state index in [0.29, 0.717) is 84.7 Å². The van der Waals surface area contributed by atoms with Crippen molar-refractivity contribution in [1.29, 1.82) is 0 Å². The number of nitrogens with two attached hydrogens (primary N) is 1. The molecule has 0 aliphatic carbocycles. The molecule has 5 amide bonds. The second kappa shape index (κ2) is 18.0. The fourth-order valence-corrected chi connectivity index (χ4v) is 9.78. The number of aromatic nitrogens is 6. The maximum absolute atomic E-state index is 15.8. The molecule has 344 valence electrons. The number of anilines is 3. The molecule has 1 atom stereocenters. The molecule has 0 radical (unpaired) electrons. The number of halogens is 1. The van der Waals surface area contributed by atoms with Crippen LogP contribution in [0.5, 0.6) is 0 Å². The largest absolute Gasteiger partial charge is 0.384 e. The number of aryl methyl sites for hydroxylation is 1. The van der Waals surface area contributed by atoms with Gasteiger partial charge in [0.15, 0.2) is 5.65 Å². The van der Waals surface area contributed by atoms with Crippen LogP contribution in [0.3, 0.4) is 0 Å². The summed E-state index contributed by atoms with van der Waals surface area (Å²) in [6.07, 6.45) is 8.64. The van der Waals surface area contributed by atoms with Gasteiger partial charge in [0.05, 0.1) is 40.4 Å². The van der Waals surface area contributed by atoms with Gasteiger partial charge >= 0.3 is 0 Å². The molecular formula is C48H50FN13O5. The van der Waals surface area contributed by atoms with E-state index < -0.39 is 29.7 Å². The van der Waals surface area contributed by atoms with Crippen molar-refractivity contribution in [3.05, 3.63) is 108 Å². The lowest BCUT2D eigenvalue weighted by atomic mass is 10.0. The standard InChI is InChI=1S/C48H50FN13O5/c1-29-54-38-9-8-36(31-13-16-51-41(50)24-31)55-45(38)61(29)33-7-10-39(35(49)25-33)58-20-22-59(23-21-58)43(64)6-3-17-57-18-14-32(15-19-57)60-28-30(27-53-60)26-52-37-5-2-4-34-44(37)48(67)62(47(34)66)40-11-12-42(63)56-46(40)65/h2,4-5,7-10,13,16,24-25,27-28,32,40,52H,3,6,11-12,14-15,17-23,26H2,1H3,(H2,50,51)(H,56,63,65). The molecule has 4 N–H and O–H groups in total. The van der Waals surface area contributed by atoms with Gasteiger partial charge in [0.2, 0.25) is 17.7 Å².